The summed E-state index contributed by atoms with van der Waals surface area (Å²) in [6.45, 7) is 2.14. The van der Waals surface area contributed by atoms with Crippen molar-refractivity contribution in [1.29, 1.82) is 0 Å². The zero-order valence-electron chi connectivity index (χ0n) is 11.0. The van der Waals surface area contributed by atoms with Crippen molar-refractivity contribution in [2.24, 2.45) is 0 Å². The molecule has 4 nitrogen and oxygen atoms in total. The minimum atomic E-state index is -0.000185. The van der Waals surface area contributed by atoms with Gasteiger partial charge in [0.2, 0.25) is 0 Å². The predicted octanol–water partition coefficient (Wildman–Crippen LogP) is 2.79. The molecule has 0 aliphatic carbocycles. The number of nitrogens with zero attached hydrogens (tertiary/aromatic N) is 1. The van der Waals surface area contributed by atoms with Gasteiger partial charge in [-0.15, -0.1) is 0 Å². The van der Waals surface area contributed by atoms with E-state index in [1.807, 2.05) is 18.2 Å². The standard InChI is InChI=1S/C13H17BrINO3/c1-18-7-5-16(6-8-19-2)13(17)11-9-10(14)3-4-12(11)15/h3-4,9H,5-8H2,1-2H3. The van der Waals surface area contributed by atoms with Crippen molar-refractivity contribution in [2.45, 2.75) is 0 Å². The molecule has 1 aromatic rings. The molecular weight excluding hydrogens is 425 g/mol. The van der Waals surface area contributed by atoms with Crippen LogP contribution in [0.25, 0.3) is 0 Å². The molecule has 0 heterocycles. The highest BCUT2D eigenvalue weighted by Crippen LogP contribution is 2.20. The Bertz CT molecular complexity index is 420. The molecule has 6 heteroatoms. The number of hydrogen-bond acceptors (Lipinski definition) is 3. The highest BCUT2D eigenvalue weighted by Gasteiger charge is 2.18. The maximum atomic E-state index is 12.5. The van der Waals surface area contributed by atoms with Crippen LogP contribution < -0.4 is 0 Å². The first-order valence-electron chi connectivity index (χ1n) is 5.82. The summed E-state index contributed by atoms with van der Waals surface area (Å²) in [5.74, 6) is -0.000185. The Morgan fingerprint density at radius 2 is 1.84 bits per heavy atom. The van der Waals surface area contributed by atoms with Gasteiger partial charge in [-0.25, -0.2) is 0 Å². The second-order valence-electron chi connectivity index (χ2n) is 3.90. The maximum absolute atomic E-state index is 12.5. The van der Waals surface area contributed by atoms with Gasteiger partial charge in [-0.05, 0) is 40.8 Å². The second kappa shape index (κ2) is 8.89. The van der Waals surface area contributed by atoms with Crippen LogP contribution in [0, 0.1) is 3.57 Å². The van der Waals surface area contributed by atoms with Crippen LogP contribution in [0.1, 0.15) is 10.4 Å². The fourth-order valence-corrected chi connectivity index (χ4v) is 2.48. The van der Waals surface area contributed by atoms with E-state index in [4.69, 9.17) is 9.47 Å². The first kappa shape index (κ1) is 16.9. The van der Waals surface area contributed by atoms with Crippen molar-refractivity contribution in [3.63, 3.8) is 0 Å². The quantitative estimate of drug-likeness (QED) is 0.610. The molecule has 0 saturated carbocycles. The Labute approximate surface area is 135 Å². The summed E-state index contributed by atoms with van der Waals surface area (Å²) >= 11 is 5.57. The molecule has 106 valence electrons. The van der Waals surface area contributed by atoms with E-state index >= 15 is 0 Å². The van der Waals surface area contributed by atoms with Gasteiger partial charge < -0.3 is 14.4 Å². The highest BCUT2D eigenvalue weighted by atomic mass is 127. The summed E-state index contributed by atoms with van der Waals surface area (Å²) in [6.07, 6.45) is 0. The average molecular weight is 442 g/mol. The molecule has 0 spiro atoms. The molecule has 0 fully saturated rings. The molecule has 0 aromatic heterocycles. The van der Waals surface area contributed by atoms with E-state index in [1.54, 1.807) is 19.1 Å². The third-order valence-electron chi connectivity index (χ3n) is 2.58. The molecule has 0 bridgehead atoms. The molecule has 0 radical (unpaired) electrons. The molecule has 1 amide bonds. The number of benzene rings is 1. The largest absolute Gasteiger partial charge is 0.383 e. The Morgan fingerprint density at radius 1 is 1.26 bits per heavy atom. The first-order chi connectivity index (χ1) is 9.10. The Balaban J connectivity index is 2.87. The fraction of sp³-hybridized carbons (Fsp3) is 0.462. The first-order valence-corrected chi connectivity index (χ1v) is 7.69. The summed E-state index contributed by atoms with van der Waals surface area (Å²) in [5, 5.41) is 0. The van der Waals surface area contributed by atoms with Crippen LogP contribution in [-0.2, 0) is 9.47 Å². The van der Waals surface area contributed by atoms with Crippen LogP contribution in [0.5, 0.6) is 0 Å². The number of carbonyl (C=O) groups excluding carboxylic acids is 1. The number of amides is 1. The second-order valence-corrected chi connectivity index (χ2v) is 5.98. The zero-order valence-corrected chi connectivity index (χ0v) is 14.7. The van der Waals surface area contributed by atoms with Crippen LogP contribution in [0.3, 0.4) is 0 Å². The third-order valence-corrected chi connectivity index (χ3v) is 4.01. The number of hydrogen-bond donors (Lipinski definition) is 0. The number of carbonyl (C=O) groups is 1. The minimum absolute atomic E-state index is 0.000185. The van der Waals surface area contributed by atoms with Crippen molar-refractivity contribution >= 4 is 44.4 Å². The zero-order chi connectivity index (χ0) is 14.3. The van der Waals surface area contributed by atoms with E-state index in [0.29, 0.717) is 31.9 Å². The molecule has 0 saturated heterocycles. The Kier molecular flexibility index (Phi) is 7.89. The van der Waals surface area contributed by atoms with E-state index in [2.05, 4.69) is 38.5 Å². The molecule has 0 unspecified atom stereocenters. The lowest BCUT2D eigenvalue weighted by Gasteiger charge is -2.22. The van der Waals surface area contributed by atoms with Gasteiger partial charge in [0.1, 0.15) is 0 Å². The summed E-state index contributed by atoms with van der Waals surface area (Å²) in [6, 6.07) is 5.69. The van der Waals surface area contributed by atoms with Crippen molar-refractivity contribution in [2.75, 3.05) is 40.5 Å². The predicted molar refractivity (Wildman–Crippen MR) is 86.5 cm³/mol. The van der Waals surface area contributed by atoms with Crippen LogP contribution in [-0.4, -0.2) is 51.3 Å². The maximum Gasteiger partial charge on any atom is 0.255 e. The smallest absolute Gasteiger partial charge is 0.255 e. The molecular formula is C13H17BrINO3. The monoisotopic (exact) mass is 441 g/mol. The van der Waals surface area contributed by atoms with Gasteiger partial charge in [0.05, 0.1) is 18.8 Å². The van der Waals surface area contributed by atoms with E-state index in [0.717, 1.165) is 8.04 Å². The third kappa shape index (κ3) is 5.37. The SMILES string of the molecule is COCCN(CCOC)C(=O)c1cc(Br)ccc1I. The van der Waals surface area contributed by atoms with E-state index in [-0.39, 0.29) is 5.91 Å². The van der Waals surface area contributed by atoms with Crippen molar-refractivity contribution < 1.29 is 14.3 Å². The number of methoxy groups -OCH3 is 2. The van der Waals surface area contributed by atoms with Crippen LogP contribution >= 0.6 is 38.5 Å². The van der Waals surface area contributed by atoms with E-state index in [1.165, 1.54) is 0 Å². The van der Waals surface area contributed by atoms with Gasteiger partial charge in [-0.3, -0.25) is 4.79 Å². The molecule has 1 rings (SSSR count). The summed E-state index contributed by atoms with van der Waals surface area (Å²) in [5.41, 5.74) is 0.696. The van der Waals surface area contributed by atoms with Gasteiger partial charge >= 0.3 is 0 Å². The van der Waals surface area contributed by atoms with Crippen molar-refractivity contribution in [1.82, 2.24) is 4.90 Å². The van der Waals surface area contributed by atoms with Crippen LogP contribution in [0.15, 0.2) is 22.7 Å². The van der Waals surface area contributed by atoms with E-state index in [9.17, 15) is 4.79 Å². The summed E-state index contributed by atoms with van der Waals surface area (Å²) in [7, 11) is 3.25. The van der Waals surface area contributed by atoms with Crippen molar-refractivity contribution in [3.05, 3.63) is 31.8 Å². The summed E-state index contributed by atoms with van der Waals surface area (Å²) in [4.78, 5) is 14.3. The van der Waals surface area contributed by atoms with Gasteiger partial charge in [0.25, 0.3) is 5.91 Å². The highest BCUT2D eigenvalue weighted by molar-refractivity contribution is 14.1. The van der Waals surface area contributed by atoms with Gasteiger partial charge in [-0.1, -0.05) is 15.9 Å². The summed E-state index contributed by atoms with van der Waals surface area (Å²) < 4.78 is 11.9. The molecule has 0 N–H and O–H groups in total. The normalized spacial score (nSPS) is 10.5. The Morgan fingerprint density at radius 3 is 2.37 bits per heavy atom. The molecule has 19 heavy (non-hydrogen) atoms. The Hall–Kier alpha value is -0.180. The average Bonchev–Trinajstić information content (AvgIpc) is 2.41. The lowest BCUT2D eigenvalue weighted by Crippen LogP contribution is -2.36. The lowest BCUT2D eigenvalue weighted by atomic mass is 10.2. The number of rotatable bonds is 7. The van der Waals surface area contributed by atoms with Crippen LogP contribution in [0.4, 0.5) is 0 Å². The fourth-order valence-electron chi connectivity index (χ4n) is 1.55. The van der Waals surface area contributed by atoms with E-state index < -0.39 is 0 Å². The number of halogens is 2. The number of ether oxygens (including phenoxy) is 2. The van der Waals surface area contributed by atoms with Gasteiger partial charge in [0.15, 0.2) is 0 Å². The molecule has 0 atom stereocenters. The van der Waals surface area contributed by atoms with Gasteiger partial charge in [0, 0.05) is 35.4 Å². The molecule has 0 aliphatic rings. The van der Waals surface area contributed by atoms with Crippen LogP contribution in [0.2, 0.25) is 0 Å². The van der Waals surface area contributed by atoms with Gasteiger partial charge in [-0.2, -0.15) is 0 Å². The topological polar surface area (TPSA) is 38.8 Å². The van der Waals surface area contributed by atoms with Crippen molar-refractivity contribution in [3.8, 4) is 0 Å². The lowest BCUT2D eigenvalue weighted by molar-refractivity contribution is 0.0626. The molecule has 0 aliphatic heterocycles. The minimum Gasteiger partial charge on any atom is -0.383 e. The molecule has 1 aromatic carbocycles.